The number of fused-ring (bicyclic) bond motifs is 7. The molecule has 9 aromatic rings. The molecule has 0 radical (unpaired) electrons. The SMILES string of the molecule is Cc1cccc(C)c1-c1cc(-c2ccc3ccccc3c2)ccc1N(c1ccc2c(c1)C(C)(C)c1ccccc1-2)c1ccc2c(c1)oc1ccccc12. The number of para-hydroxylation sites is 1. The molecule has 1 aliphatic carbocycles. The van der Waals surface area contributed by atoms with Crippen LogP contribution in [0.2, 0.25) is 0 Å². The standard InChI is InChI=1S/C51H39NO/c1-32-12-11-13-33(2)50(32)44-29-37(36-21-20-34-14-5-6-15-35(34)28-36)22-27-47(44)52(39-24-26-43-42-17-8-10-19-48(42)53-49(43)31-39)38-23-25-41-40-16-7-9-18-45(40)51(3,4)46(41)30-38/h5-31H,1-4H3. The highest BCUT2D eigenvalue weighted by Crippen LogP contribution is 2.52. The van der Waals surface area contributed by atoms with Gasteiger partial charge in [-0.3, -0.25) is 0 Å². The Morgan fingerprint density at radius 1 is 0.453 bits per heavy atom. The summed E-state index contributed by atoms with van der Waals surface area (Å²) < 4.78 is 6.50. The monoisotopic (exact) mass is 681 g/mol. The molecule has 53 heavy (non-hydrogen) atoms. The van der Waals surface area contributed by atoms with Gasteiger partial charge in [0.1, 0.15) is 11.2 Å². The van der Waals surface area contributed by atoms with Crippen molar-refractivity contribution in [3.8, 4) is 33.4 Å². The Balaban J connectivity index is 1.24. The van der Waals surface area contributed by atoms with E-state index in [0.717, 1.165) is 39.0 Å². The van der Waals surface area contributed by atoms with Crippen LogP contribution in [0.4, 0.5) is 17.1 Å². The van der Waals surface area contributed by atoms with Gasteiger partial charge in [-0.2, -0.15) is 0 Å². The topological polar surface area (TPSA) is 16.4 Å². The van der Waals surface area contributed by atoms with E-state index in [1.54, 1.807) is 0 Å². The molecular weight excluding hydrogens is 643 g/mol. The maximum Gasteiger partial charge on any atom is 0.137 e. The van der Waals surface area contributed by atoms with E-state index < -0.39 is 0 Å². The molecule has 0 N–H and O–H groups in total. The fraction of sp³-hybridized carbons (Fsp3) is 0.0980. The molecule has 2 heteroatoms. The normalized spacial score (nSPS) is 13.1. The minimum Gasteiger partial charge on any atom is -0.456 e. The van der Waals surface area contributed by atoms with Gasteiger partial charge in [0.2, 0.25) is 0 Å². The van der Waals surface area contributed by atoms with E-state index in [9.17, 15) is 0 Å². The Hall–Kier alpha value is -6.38. The van der Waals surface area contributed by atoms with Crippen LogP contribution in [0.5, 0.6) is 0 Å². The van der Waals surface area contributed by atoms with E-state index in [1.807, 2.05) is 6.07 Å². The highest BCUT2D eigenvalue weighted by molar-refractivity contribution is 6.06. The molecule has 2 nitrogen and oxygen atoms in total. The molecule has 0 aliphatic heterocycles. The van der Waals surface area contributed by atoms with Gasteiger partial charge in [0.25, 0.3) is 0 Å². The Kier molecular flexibility index (Phi) is 7.00. The average molecular weight is 682 g/mol. The van der Waals surface area contributed by atoms with Gasteiger partial charge in [-0.25, -0.2) is 0 Å². The first-order valence-corrected chi connectivity index (χ1v) is 18.5. The van der Waals surface area contributed by atoms with Crippen LogP contribution in [0.1, 0.15) is 36.1 Å². The Morgan fingerprint density at radius 2 is 1.11 bits per heavy atom. The second-order valence-electron chi connectivity index (χ2n) is 15.1. The van der Waals surface area contributed by atoms with Gasteiger partial charge in [-0.15, -0.1) is 0 Å². The molecule has 254 valence electrons. The fourth-order valence-electron chi connectivity index (χ4n) is 8.83. The molecule has 0 bridgehead atoms. The number of rotatable bonds is 5. The van der Waals surface area contributed by atoms with E-state index in [0.29, 0.717) is 0 Å². The van der Waals surface area contributed by atoms with Gasteiger partial charge >= 0.3 is 0 Å². The van der Waals surface area contributed by atoms with E-state index in [1.165, 1.54) is 66.4 Å². The molecule has 0 unspecified atom stereocenters. The van der Waals surface area contributed by atoms with Crippen molar-refractivity contribution in [2.45, 2.75) is 33.1 Å². The summed E-state index contributed by atoms with van der Waals surface area (Å²) in [7, 11) is 0. The zero-order valence-corrected chi connectivity index (χ0v) is 30.4. The number of nitrogens with zero attached hydrogens (tertiary/aromatic N) is 1. The lowest BCUT2D eigenvalue weighted by Crippen LogP contribution is -2.17. The van der Waals surface area contributed by atoms with E-state index in [2.05, 4.69) is 190 Å². The predicted octanol–water partition coefficient (Wildman–Crippen LogP) is 14.5. The van der Waals surface area contributed by atoms with Crippen molar-refractivity contribution in [2.24, 2.45) is 0 Å². The first kappa shape index (κ1) is 31.4. The lowest BCUT2D eigenvalue weighted by atomic mass is 9.82. The van der Waals surface area contributed by atoms with Crippen molar-refractivity contribution in [3.05, 3.63) is 186 Å². The fourth-order valence-corrected chi connectivity index (χ4v) is 8.83. The van der Waals surface area contributed by atoms with Gasteiger partial charge in [0.15, 0.2) is 0 Å². The lowest BCUT2D eigenvalue weighted by Gasteiger charge is -2.30. The van der Waals surface area contributed by atoms with Crippen LogP contribution in [0, 0.1) is 13.8 Å². The molecular formula is C51H39NO. The lowest BCUT2D eigenvalue weighted by molar-refractivity contribution is 0.660. The van der Waals surface area contributed by atoms with Crippen LogP contribution in [-0.2, 0) is 5.41 Å². The van der Waals surface area contributed by atoms with Gasteiger partial charge in [0.05, 0.1) is 5.69 Å². The zero-order valence-electron chi connectivity index (χ0n) is 30.4. The average Bonchev–Trinajstić information content (AvgIpc) is 3.66. The van der Waals surface area contributed by atoms with Crippen molar-refractivity contribution < 1.29 is 4.42 Å². The minimum atomic E-state index is -0.133. The summed E-state index contributed by atoms with van der Waals surface area (Å²) in [5.41, 5.74) is 17.6. The van der Waals surface area contributed by atoms with Gasteiger partial charge < -0.3 is 9.32 Å². The number of benzene rings is 8. The van der Waals surface area contributed by atoms with Crippen LogP contribution in [0.25, 0.3) is 66.1 Å². The van der Waals surface area contributed by atoms with Crippen molar-refractivity contribution in [3.63, 3.8) is 0 Å². The van der Waals surface area contributed by atoms with E-state index in [-0.39, 0.29) is 5.41 Å². The van der Waals surface area contributed by atoms with Crippen LogP contribution in [0.15, 0.2) is 168 Å². The van der Waals surface area contributed by atoms with Crippen LogP contribution >= 0.6 is 0 Å². The summed E-state index contributed by atoms with van der Waals surface area (Å²) in [6.45, 7) is 9.17. The highest BCUT2D eigenvalue weighted by Gasteiger charge is 2.36. The maximum absolute atomic E-state index is 6.50. The number of hydrogen-bond acceptors (Lipinski definition) is 2. The third-order valence-corrected chi connectivity index (χ3v) is 11.5. The number of furan rings is 1. The largest absolute Gasteiger partial charge is 0.456 e. The van der Waals surface area contributed by atoms with E-state index in [4.69, 9.17) is 4.42 Å². The number of aryl methyl sites for hydroxylation is 2. The van der Waals surface area contributed by atoms with Crippen LogP contribution in [0.3, 0.4) is 0 Å². The number of hydrogen-bond donors (Lipinski definition) is 0. The molecule has 1 heterocycles. The first-order valence-electron chi connectivity index (χ1n) is 18.5. The third kappa shape index (κ3) is 4.94. The second-order valence-corrected chi connectivity index (χ2v) is 15.1. The maximum atomic E-state index is 6.50. The molecule has 0 fully saturated rings. The second kappa shape index (κ2) is 11.8. The molecule has 0 spiro atoms. The van der Waals surface area contributed by atoms with Gasteiger partial charge in [0, 0.05) is 39.2 Å². The molecule has 8 aromatic carbocycles. The molecule has 1 aromatic heterocycles. The van der Waals surface area contributed by atoms with Crippen LogP contribution < -0.4 is 4.90 Å². The smallest absolute Gasteiger partial charge is 0.137 e. The first-order chi connectivity index (χ1) is 25.8. The predicted molar refractivity (Wildman–Crippen MR) is 224 cm³/mol. The summed E-state index contributed by atoms with van der Waals surface area (Å²) in [5, 5.41) is 4.74. The molecule has 10 rings (SSSR count). The van der Waals surface area contributed by atoms with E-state index >= 15 is 0 Å². The third-order valence-electron chi connectivity index (χ3n) is 11.5. The van der Waals surface area contributed by atoms with Gasteiger partial charge in [-0.05, 0) is 123 Å². The summed E-state index contributed by atoms with van der Waals surface area (Å²) in [4.78, 5) is 2.44. The molecule has 0 amide bonds. The summed E-state index contributed by atoms with van der Waals surface area (Å²) >= 11 is 0. The molecule has 0 saturated heterocycles. The summed E-state index contributed by atoms with van der Waals surface area (Å²) in [6, 6.07) is 59.9. The molecule has 1 aliphatic rings. The van der Waals surface area contributed by atoms with Crippen molar-refractivity contribution in [1.82, 2.24) is 0 Å². The van der Waals surface area contributed by atoms with Gasteiger partial charge in [-0.1, -0.05) is 123 Å². The highest BCUT2D eigenvalue weighted by atomic mass is 16.3. The Labute approximate surface area is 310 Å². The Bertz CT molecular complexity index is 2890. The molecule has 0 atom stereocenters. The minimum absolute atomic E-state index is 0.133. The van der Waals surface area contributed by atoms with Crippen molar-refractivity contribution >= 4 is 49.8 Å². The summed E-state index contributed by atoms with van der Waals surface area (Å²) in [6.07, 6.45) is 0. The Morgan fingerprint density at radius 3 is 1.98 bits per heavy atom. The quantitative estimate of drug-likeness (QED) is 0.180. The number of anilines is 3. The molecule has 0 saturated carbocycles. The van der Waals surface area contributed by atoms with Crippen molar-refractivity contribution in [2.75, 3.05) is 4.90 Å². The zero-order chi connectivity index (χ0) is 35.8. The van der Waals surface area contributed by atoms with Crippen molar-refractivity contribution in [1.29, 1.82) is 0 Å². The summed E-state index contributed by atoms with van der Waals surface area (Å²) in [5.74, 6) is 0. The van der Waals surface area contributed by atoms with Crippen LogP contribution in [-0.4, -0.2) is 0 Å².